The van der Waals surface area contributed by atoms with Crippen LogP contribution in [0.3, 0.4) is 0 Å². The van der Waals surface area contributed by atoms with Crippen molar-refractivity contribution in [3.63, 3.8) is 0 Å². The van der Waals surface area contributed by atoms with E-state index in [4.69, 9.17) is 28.5 Å². The molecule has 9 aliphatic rings. The number of hydroxylamine groups is 2. The lowest BCUT2D eigenvalue weighted by molar-refractivity contribution is -0.235. The first-order valence-corrected chi connectivity index (χ1v) is 24.8. The van der Waals surface area contributed by atoms with E-state index in [9.17, 15) is 24.6 Å². The summed E-state index contributed by atoms with van der Waals surface area (Å²) < 4.78 is 31.9. The molecule has 362 valence electrons. The van der Waals surface area contributed by atoms with Crippen LogP contribution in [0.15, 0.2) is 29.8 Å². The Morgan fingerprint density at radius 2 is 1.68 bits per heavy atom. The second-order valence-corrected chi connectivity index (χ2v) is 23.2. The molecule has 1 aromatic rings. The zero-order chi connectivity index (χ0) is 46.7. The molecular formula is C51H71N3O12. The SMILES string of the molecule is CC(O)C(NC(=O)C12CC3OC(=O)C1N(Cc1ccccc1C=C1CCC4OC4(C)CCC4C1CC4(C)C)OC2C1OC(C2CC2)(C2CC2)OC31)C(=O)NC(CO)CCC(=O)OC(C)(C)C. The number of hydrogen-bond acceptors (Lipinski definition) is 13. The number of aliphatic hydroxyl groups is 2. The number of ether oxygens (including phenoxy) is 5. The highest BCUT2D eigenvalue weighted by Gasteiger charge is 2.78. The molecule has 5 saturated carbocycles. The van der Waals surface area contributed by atoms with E-state index in [-0.39, 0.29) is 54.8 Å². The summed E-state index contributed by atoms with van der Waals surface area (Å²) in [6, 6.07) is 4.57. The Kier molecular flexibility index (Phi) is 11.7. The number of benzene rings is 1. The summed E-state index contributed by atoms with van der Waals surface area (Å²) in [5.74, 6) is -1.94. The molecule has 2 bridgehead atoms. The van der Waals surface area contributed by atoms with E-state index in [0.717, 1.165) is 68.9 Å². The number of allylic oxidation sites excluding steroid dienone is 1. The minimum absolute atomic E-state index is 0.0303. The Labute approximate surface area is 388 Å². The number of amides is 2. The van der Waals surface area contributed by atoms with Gasteiger partial charge in [-0.15, -0.1) is 0 Å². The molecular weight excluding hydrogens is 847 g/mol. The van der Waals surface area contributed by atoms with Crippen LogP contribution in [-0.4, -0.2) is 117 Å². The Hall–Kier alpha value is -3.44. The van der Waals surface area contributed by atoms with Gasteiger partial charge in [0.25, 0.3) is 0 Å². The summed E-state index contributed by atoms with van der Waals surface area (Å²) in [6.45, 7) is 13.3. The lowest BCUT2D eigenvalue weighted by atomic mass is 9.52. The quantitative estimate of drug-likeness (QED) is 0.144. The molecule has 66 heavy (non-hydrogen) atoms. The predicted octanol–water partition coefficient (Wildman–Crippen LogP) is 5.03. The monoisotopic (exact) mass is 918 g/mol. The topological polar surface area (TPSA) is 195 Å². The van der Waals surface area contributed by atoms with Crippen LogP contribution in [0.5, 0.6) is 0 Å². The summed E-state index contributed by atoms with van der Waals surface area (Å²) in [5, 5.41) is 28.5. The van der Waals surface area contributed by atoms with Gasteiger partial charge in [0.2, 0.25) is 11.8 Å². The number of carbonyl (C=O) groups excluding carboxylic acids is 4. The van der Waals surface area contributed by atoms with Gasteiger partial charge in [0.05, 0.1) is 37.0 Å². The van der Waals surface area contributed by atoms with Crippen molar-refractivity contribution in [1.29, 1.82) is 0 Å². The number of carbonyl (C=O) groups is 4. The van der Waals surface area contributed by atoms with Crippen molar-refractivity contribution >= 4 is 29.8 Å². The van der Waals surface area contributed by atoms with Gasteiger partial charge in [0.15, 0.2) is 11.8 Å². The minimum atomic E-state index is -1.60. The molecule has 5 aliphatic carbocycles. The van der Waals surface area contributed by atoms with Crippen LogP contribution >= 0.6 is 0 Å². The van der Waals surface area contributed by atoms with Crippen molar-refractivity contribution in [1.82, 2.24) is 15.7 Å². The van der Waals surface area contributed by atoms with Crippen LogP contribution in [0.1, 0.15) is 137 Å². The molecule has 4 heterocycles. The molecule has 0 aromatic heterocycles. The van der Waals surface area contributed by atoms with Gasteiger partial charge in [-0.25, -0.2) is 0 Å². The van der Waals surface area contributed by atoms with E-state index in [0.29, 0.717) is 11.8 Å². The highest BCUT2D eigenvalue weighted by Crippen LogP contribution is 2.64. The zero-order valence-electron chi connectivity index (χ0n) is 39.7. The van der Waals surface area contributed by atoms with E-state index >= 15 is 4.79 Å². The molecule has 9 fully saturated rings. The van der Waals surface area contributed by atoms with Crippen LogP contribution < -0.4 is 10.6 Å². The highest BCUT2D eigenvalue weighted by atomic mass is 16.8. The fourth-order valence-electron chi connectivity index (χ4n) is 12.9. The normalized spacial score (nSPS) is 38.1. The number of fused-ring (bicyclic) bond motifs is 6. The van der Waals surface area contributed by atoms with Gasteiger partial charge in [-0.05, 0) is 127 Å². The third kappa shape index (κ3) is 8.23. The molecule has 4 N–H and O–H groups in total. The van der Waals surface area contributed by atoms with Crippen molar-refractivity contribution in [2.75, 3.05) is 6.61 Å². The Bertz CT molecular complexity index is 2120. The maximum atomic E-state index is 15.4. The summed E-state index contributed by atoms with van der Waals surface area (Å²) in [7, 11) is 0. The molecule has 13 atom stereocenters. The van der Waals surface area contributed by atoms with Crippen molar-refractivity contribution in [3.05, 3.63) is 41.0 Å². The summed E-state index contributed by atoms with van der Waals surface area (Å²) in [6.07, 6.45) is 7.17. The second-order valence-electron chi connectivity index (χ2n) is 23.2. The molecule has 4 saturated heterocycles. The van der Waals surface area contributed by atoms with Crippen LogP contribution in [-0.2, 0) is 54.2 Å². The first-order chi connectivity index (χ1) is 31.2. The van der Waals surface area contributed by atoms with Gasteiger partial charge >= 0.3 is 11.9 Å². The maximum Gasteiger partial charge on any atom is 0.327 e. The first-order valence-electron chi connectivity index (χ1n) is 24.8. The third-order valence-corrected chi connectivity index (χ3v) is 16.8. The maximum absolute atomic E-state index is 15.4. The van der Waals surface area contributed by atoms with E-state index in [1.807, 2.05) is 18.2 Å². The van der Waals surface area contributed by atoms with E-state index < -0.39 is 95.8 Å². The average molecular weight is 918 g/mol. The smallest absolute Gasteiger partial charge is 0.327 e. The largest absolute Gasteiger partial charge is 0.460 e. The van der Waals surface area contributed by atoms with Gasteiger partial charge in [-0.3, -0.25) is 24.0 Å². The Morgan fingerprint density at radius 3 is 2.35 bits per heavy atom. The molecule has 10 rings (SSSR count). The number of aliphatic hydroxyl groups excluding tert-OH is 2. The average Bonchev–Trinajstić information content (AvgIpc) is 4.20. The van der Waals surface area contributed by atoms with Crippen molar-refractivity contribution in [2.24, 2.45) is 34.5 Å². The van der Waals surface area contributed by atoms with Crippen LogP contribution in [0.2, 0.25) is 0 Å². The number of hydrogen-bond donors (Lipinski definition) is 4. The Balaban J connectivity index is 0.948. The zero-order valence-corrected chi connectivity index (χ0v) is 39.7. The molecule has 1 aromatic carbocycles. The number of rotatable bonds is 14. The fraction of sp³-hybridized carbons (Fsp3) is 0.765. The van der Waals surface area contributed by atoms with E-state index in [1.165, 1.54) is 12.5 Å². The Morgan fingerprint density at radius 1 is 0.970 bits per heavy atom. The molecule has 0 spiro atoms. The first kappa shape index (κ1) is 46.3. The molecule has 2 amide bonds. The van der Waals surface area contributed by atoms with E-state index in [1.54, 1.807) is 25.8 Å². The van der Waals surface area contributed by atoms with Gasteiger partial charge in [0, 0.05) is 24.7 Å². The van der Waals surface area contributed by atoms with Gasteiger partial charge in [-0.2, -0.15) is 5.06 Å². The van der Waals surface area contributed by atoms with Crippen molar-refractivity contribution < 1.29 is 57.9 Å². The fourth-order valence-corrected chi connectivity index (χ4v) is 12.9. The molecule has 0 radical (unpaired) electrons. The van der Waals surface area contributed by atoms with Crippen LogP contribution in [0.25, 0.3) is 6.08 Å². The summed E-state index contributed by atoms with van der Waals surface area (Å²) in [4.78, 5) is 63.4. The lowest BCUT2D eigenvalue weighted by Crippen LogP contribution is -2.71. The predicted molar refractivity (Wildman–Crippen MR) is 238 cm³/mol. The lowest BCUT2D eigenvalue weighted by Gasteiger charge is -2.53. The summed E-state index contributed by atoms with van der Waals surface area (Å²) in [5.41, 5.74) is 1.28. The minimum Gasteiger partial charge on any atom is -0.460 e. The van der Waals surface area contributed by atoms with Crippen LogP contribution in [0.4, 0.5) is 0 Å². The van der Waals surface area contributed by atoms with Gasteiger partial charge < -0.3 is 44.5 Å². The number of esters is 2. The molecule has 4 aliphatic heterocycles. The van der Waals surface area contributed by atoms with Crippen molar-refractivity contribution in [2.45, 2.75) is 204 Å². The number of epoxide rings is 1. The van der Waals surface area contributed by atoms with Crippen LogP contribution in [0, 0.1) is 34.5 Å². The highest BCUT2D eigenvalue weighted by molar-refractivity contribution is 5.96. The summed E-state index contributed by atoms with van der Waals surface area (Å²) >= 11 is 0. The van der Waals surface area contributed by atoms with E-state index in [2.05, 4.69) is 43.5 Å². The number of nitrogens with zero attached hydrogens (tertiary/aromatic N) is 1. The molecule has 15 nitrogen and oxygen atoms in total. The molecule has 15 heteroatoms. The number of nitrogens with one attached hydrogen (secondary N) is 2. The van der Waals surface area contributed by atoms with Gasteiger partial charge in [-0.1, -0.05) is 49.8 Å². The van der Waals surface area contributed by atoms with Crippen molar-refractivity contribution in [3.8, 4) is 0 Å². The second kappa shape index (κ2) is 16.6. The molecule has 13 unspecified atom stereocenters. The standard InChI is InChI=1S/C51H71N3O12/c1-27(56)39(44(58)52-33(26-55)17-19-38(57)63-47(2,3)4)53-46(60)50-24-36-40-41(65-51(64-40,31-13-14-31)32-15-16-32)43(50)66-54(42(50)45(59)61-36)25-30-11-9-8-10-28(30)22-29-12-18-37-49(7,62-37)21-20-35-34(29)23-48(35,5)6/h8-11,22,27,31-37,39-43,55-56H,12-21,23-26H2,1-7H3,(H,52,58)(H,53,60). The van der Waals surface area contributed by atoms with Gasteiger partial charge in [0.1, 0.15) is 41.5 Å². The third-order valence-electron chi connectivity index (χ3n) is 16.8.